The third-order valence-corrected chi connectivity index (χ3v) is 5.82. The monoisotopic (exact) mass is 453 g/mol. The highest BCUT2D eigenvalue weighted by atomic mass is 32.1. The van der Waals surface area contributed by atoms with E-state index in [1.807, 2.05) is 55.5 Å². The summed E-state index contributed by atoms with van der Waals surface area (Å²) in [7, 11) is 0. The lowest BCUT2D eigenvalue weighted by atomic mass is 10.2. The number of aryl methyl sites for hydroxylation is 1. The van der Waals surface area contributed by atoms with Crippen molar-refractivity contribution >= 4 is 38.8 Å². The number of rotatable bonds is 6. The Balaban J connectivity index is 1.45. The number of nitrogens with zero attached hydrogens (tertiary/aromatic N) is 3. The summed E-state index contributed by atoms with van der Waals surface area (Å²) < 4.78 is 12.1. The van der Waals surface area contributed by atoms with Gasteiger partial charge in [0.05, 0.1) is 22.7 Å². The molecule has 5 rings (SSSR count). The standard InChI is InChI=1S/C26H19N3O3S/c1-18-9-14-23-24(16-18)33-26(28-23)29(27-17-22-8-5-15-31-22)25(30)19-10-12-21(13-11-19)32-20-6-3-2-4-7-20/h2-17H,1H3/b27-17+. The van der Waals surface area contributed by atoms with E-state index >= 15 is 0 Å². The van der Waals surface area contributed by atoms with E-state index in [0.717, 1.165) is 21.5 Å². The van der Waals surface area contributed by atoms with E-state index in [1.165, 1.54) is 22.6 Å². The molecule has 0 atom stereocenters. The summed E-state index contributed by atoms with van der Waals surface area (Å²) in [6.07, 6.45) is 3.06. The fraction of sp³-hybridized carbons (Fsp3) is 0.0385. The van der Waals surface area contributed by atoms with Crippen molar-refractivity contribution in [2.75, 3.05) is 5.01 Å². The number of para-hydroxylation sites is 1. The molecule has 0 N–H and O–H groups in total. The van der Waals surface area contributed by atoms with Crippen LogP contribution in [0.15, 0.2) is 101 Å². The van der Waals surface area contributed by atoms with Crippen LogP contribution in [0.1, 0.15) is 21.7 Å². The largest absolute Gasteiger partial charge is 0.463 e. The van der Waals surface area contributed by atoms with Gasteiger partial charge in [0.2, 0.25) is 5.13 Å². The second-order valence-electron chi connectivity index (χ2n) is 7.28. The van der Waals surface area contributed by atoms with Gasteiger partial charge in [0, 0.05) is 5.56 Å². The minimum absolute atomic E-state index is 0.306. The average Bonchev–Trinajstić information content (AvgIpc) is 3.50. The Labute approximate surface area is 194 Å². The average molecular weight is 454 g/mol. The summed E-state index contributed by atoms with van der Waals surface area (Å²) in [4.78, 5) is 18.1. The Bertz CT molecular complexity index is 1410. The molecule has 0 unspecified atom stereocenters. The minimum Gasteiger partial charge on any atom is -0.463 e. The van der Waals surface area contributed by atoms with Gasteiger partial charge in [0.1, 0.15) is 17.3 Å². The summed E-state index contributed by atoms with van der Waals surface area (Å²) in [5, 5.41) is 6.18. The molecule has 0 radical (unpaired) electrons. The molecular formula is C26H19N3O3S. The van der Waals surface area contributed by atoms with Crippen molar-refractivity contribution in [3.63, 3.8) is 0 Å². The Morgan fingerprint density at radius 3 is 2.55 bits per heavy atom. The van der Waals surface area contributed by atoms with Crippen LogP contribution in [-0.4, -0.2) is 17.1 Å². The van der Waals surface area contributed by atoms with Crippen LogP contribution in [0.25, 0.3) is 10.2 Å². The number of thiazole rings is 1. The van der Waals surface area contributed by atoms with Crippen molar-refractivity contribution < 1.29 is 13.9 Å². The molecule has 6 nitrogen and oxygen atoms in total. The van der Waals surface area contributed by atoms with Gasteiger partial charge in [-0.1, -0.05) is 35.6 Å². The van der Waals surface area contributed by atoms with Gasteiger partial charge >= 0.3 is 0 Å². The number of furan rings is 1. The minimum atomic E-state index is -0.306. The van der Waals surface area contributed by atoms with E-state index < -0.39 is 0 Å². The second-order valence-corrected chi connectivity index (χ2v) is 8.29. The zero-order valence-electron chi connectivity index (χ0n) is 17.7. The fourth-order valence-electron chi connectivity index (χ4n) is 3.19. The molecule has 0 fully saturated rings. The van der Waals surface area contributed by atoms with E-state index in [9.17, 15) is 4.79 Å². The van der Waals surface area contributed by atoms with Gasteiger partial charge in [-0.05, 0) is 73.2 Å². The molecule has 0 aliphatic carbocycles. The molecule has 2 heterocycles. The Morgan fingerprint density at radius 2 is 1.79 bits per heavy atom. The number of hydrazone groups is 1. The molecule has 33 heavy (non-hydrogen) atoms. The van der Waals surface area contributed by atoms with E-state index in [1.54, 1.807) is 42.7 Å². The maximum absolute atomic E-state index is 13.4. The van der Waals surface area contributed by atoms with Gasteiger partial charge in [-0.2, -0.15) is 10.1 Å². The van der Waals surface area contributed by atoms with E-state index in [-0.39, 0.29) is 5.91 Å². The Morgan fingerprint density at radius 1 is 1.00 bits per heavy atom. The number of fused-ring (bicyclic) bond motifs is 1. The highest BCUT2D eigenvalue weighted by molar-refractivity contribution is 7.22. The number of ether oxygens (including phenoxy) is 1. The molecule has 0 bridgehead atoms. The first kappa shape index (κ1) is 20.7. The molecule has 0 saturated heterocycles. The van der Waals surface area contributed by atoms with Crippen molar-refractivity contribution in [1.82, 2.24) is 4.98 Å². The molecule has 2 aromatic heterocycles. The summed E-state index contributed by atoms with van der Waals surface area (Å²) in [5.41, 5.74) is 2.41. The molecular weight excluding hydrogens is 434 g/mol. The lowest BCUT2D eigenvalue weighted by Crippen LogP contribution is -2.25. The van der Waals surface area contributed by atoms with Gasteiger partial charge in [-0.15, -0.1) is 0 Å². The second kappa shape index (κ2) is 9.10. The van der Waals surface area contributed by atoms with Gasteiger partial charge in [-0.25, -0.2) is 4.98 Å². The van der Waals surface area contributed by atoms with Gasteiger partial charge in [0.15, 0.2) is 0 Å². The van der Waals surface area contributed by atoms with Gasteiger partial charge < -0.3 is 9.15 Å². The normalized spacial score (nSPS) is 11.2. The topological polar surface area (TPSA) is 67.9 Å². The van der Waals surface area contributed by atoms with Crippen molar-refractivity contribution in [2.45, 2.75) is 6.92 Å². The molecule has 0 aliphatic heterocycles. The van der Waals surface area contributed by atoms with E-state index in [0.29, 0.717) is 22.2 Å². The molecule has 0 spiro atoms. The summed E-state index contributed by atoms with van der Waals surface area (Å²) in [5.74, 6) is 1.60. The van der Waals surface area contributed by atoms with Crippen LogP contribution in [0.3, 0.4) is 0 Å². The van der Waals surface area contributed by atoms with Crippen LogP contribution in [-0.2, 0) is 0 Å². The predicted molar refractivity (Wildman–Crippen MR) is 130 cm³/mol. The van der Waals surface area contributed by atoms with E-state index in [2.05, 4.69) is 10.1 Å². The van der Waals surface area contributed by atoms with Crippen LogP contribution < -0.4 is 9.75 Å². The highest BCUT2D eigenvalue weighted by Gasteiger charge is 2.21. The first-order valence-corrected chi connectivity index (χ1v) is 11.1. The summed E-state index contributed by atoms with van der Waals surface area (Å²) in [6, 6.07) is 26.0. The molecule has 5 aromatic rings. The predicted octanol–water partition coefficient (Wildman–Crippen LogP) is 6.67. The zero-order valence-corrected chi connectivity index (χ0v) is 18.5. The van der Waals surface area contributed by atoms with Crippen molar-refractivity contribution in [3.05, 3.63) is 108 Å². The zero-order chi connectivity index (χ0) is 22.6. The lowest BCUT2D eigenvalue weighted by molar-refractivity contribution is 0.0988. The first-order valence-electron chi connectivity index (χ1n) is 10.3. The molecule has 0 aliphatic rings. The number of amides is 1. The molecule has 3 aromatic carbocycles. The number of hydrogen-bond acceptors (Lipinski definition) is 6. The fourth-order valence-corrected chi connectivity index (χ4v) is 4.21. The molecule has 7 heteroatoms. The molecule has 1 amide bonds. The van der Waals surface area contributed by atoms with Crippen molar-refractivity contribution in [1.29, 1.82) is 0 Å². The van der Waals surface area contributed by atoms with Crippen LogP contribution in [0.5, 0.6) is 11.5 Å². The van der Waals surface area contributed by atoms with Crippen molar-refractivity contribution in [2.24, 2.45) is 5.10 Å². The number of carbonyl (C=O) groups is 1. The van der Waals surface area contributed by atoms with E-state index in [4.69, 9.17) is 9.15 Å². The summed E-state index contributed by atoms with van der Waals surface area (Å²) in [6.45, 7) is 2.02. The van der Waals surface area contributed by atoms with Crippen LogP contribution in [0, 0.1) is 6.92 Å². The number of anilines is 1. The lowest BCUT2D eigenvalue weighted by Gasteiger charge is -2.14. The van der Waals surface area contributed by atoms with Crippen LogP contribution in [0.2, 0.25) is 0 Å². The smallest absolute Gasteiger partial charge is 0.280 e. The number of carbonyl (C=O) groups excluding carboxylic acids is 1. The molecule has 162 valence electrons. The SMILES string of the molecule is Cc1ccc2nc(N(/N=C/c3ccco3)C(=O)c3ccc(Oc4ccccc4)cc3)sc2c1. The van der Waals surface area contributed by atoms with Crippen LogP contribution in [0.4, 0.5) is 5.13 Å². The van der Waals surface area contributed by atoms with Gasteiger partial charge in [0.25, 0.3) is 5.91 Å². The molecule has 0 saturated carbocycles. The number of hydrogen-bond donors (Lipinski definition) is 0. The summed E-state index contributed by atoms with van der Waals surface area (Å²) >= 11 is 1.41. The maximum Gasteiger partial charge on any atom is 0.280 e. The number of aromatic nitrogens is 1. The number of benzene rings is 3. The third-order valence-electron chi connectivity index (χ3n) is 4.83. The van der Waals surface area contributed by atoms with Crippen LogP contribution >= 0.6 is 11.3 Å². The first-order chi connectivity index (χ1) is 16.2. The highest BCUT2D eigenvalue weighted by Crippen LogP contribution is 2.31. The Kier molecular flexibility index (Phi) is 5.70. The quantitative estimate of drug-likeness (QED) is 0.213. The maximum atomic E-state index is 13.4. The third kappa shape index (κ3) is 4.68. The Hall–Kier alpha value is -4.23. The van der Waals surface area contributed by atoms with Crippen molar-refractivity contribution in [3.8, 4) is 11.5 Å². The van der Waals surface area contributed by atoms with Gasteiger partial charge in [-0.3, -0.25) is 4.79 Å².